The summed E-state index contributed by atoms with van der Waals surface area (Å²) in [4.78, 5) is 34.2. The number of nitrogens with one attached hydrogen (secondary N) is 1. The molecule has 2 heterocycles. The average Bonchev–Trinajstić information content (AvgIpc) is 3.04. The van der Waals surface area contributed by atoms with Gasteiger partial charge in [-0.2, -0.15) is 0 Å². The number of nitrogens with zero attached hydrogens (tertiary/aromatic N) is 4. The molecule has 12 heteroatoms. The number of fused-ring (bicyclic) bond motifs is 1. The average molecular weight is 648 g/mol. The molecular weight excluding hydrogens is 609 g/mol. The second-order valence-electron chi connectivity index (χ2n) is 11.2. The fourth-order valence-electron chi connectivity index (χ4n) is 5.20. The highest BCUT2D eigenvalue weighted by Gasteiger charge is 2.19. The number of carbonyl (C=O) groups is 2. The van der Waals surface area contributed by atoms with Gasteiger partial charge in [-0.05, 0) is 50.2 Å². The SMILES string of the molecule is COc1cc2c(Oc3ccc(N(S)C(=O)NC(=O)Cc4cccc(C)c4)cc3F)ccnc2cc1OCCCN1CCN(C)CC1. The molecule has 4 aromatic rings. The zero-order chi connectivity index (χ0) is 32.6. The van der Waals surface area contributed by atoms with Crippen LogP contribution in [-0.4, -0.2) is 80.2 Å². The Kier molecular flexibility index (Phi) is 10.9. The lowest BCUT2D eigenvalue weighted by atomic mass is 10.1. The Morgan fingerprint density at radius 3 is 2.54 bits per heavy atom. The number of methoxy groups -OCH3 is 1. The van der Waals surface area contributed by atoms with Crippen LogP contribution < -0.4 is 23.8 Å². The molecule has 1 N–H and O–H groups in total. The molecule has 3 amide bonds. The van der Waals surface area contributed by atoms with Gasteiger partial charge in [0.05, 0.1) is 31.3 Å². The largest absolute Gasteiger partial charge is 0.493 e. The van der Waals surface area contributed by atoms with E-state index in [-0.39, 0.29) is 17.9 Å². The molecule has 5 rings (SSSR count). The number of ether oxygens (including phenoxy) is 3. The molecule has 1 aromatic heterocycles. The van der Waals surface area contributed by atoms with Crippen molar-refractivity contribution >= 4 is 41.3 Å². The minimum atomic E-state index is -0.807. The van der Waals surface area contributed by atoms with E-state index in [1.807, 2.05) is 25.1 Å². The molecule has 1 saturated heterocycles. The summed E-state index contributed by atoms with van der Waals surface area (Å²) in [6.45, 7) is 7.68. The molecule has 1 fully saturated rings. The summed E-state index contributed by atoms with van der Waals surface area (Å²) in [5.41, 5.74) is 2.48. The third kappa shape index (κ3) is 8.45. The van der Waals surface area contributed by atoms with Gasteiger partial charge in [-0.15, -0.1) is 0 Å². The summed E-state index contributed by atoms with van der Waals surface area (Å²) in [5.74, 6) is 0.130. The maximum atomic E-state index is 15.2. The zero-order valence-corrected chi connectivity index (χ0v) is 27.1. The van der Waals surface area contributed by atoms with Crippen LogP contribution in [0.5, 0.6) is 23.0 Å². The smallest absolute Gasteiger partial charge is 0.338 e. The first-order valence-corrected chi connectivity index (χ1v) is 15.5. The summed E-state index contributed by atoms with van der Waals surface area (Å²) in [6, 6.07) is 15.7. The normalized spacial score (nSPS) is 13.8. The van der Waals surface area contributed by atoms with Crippen LogP contribution in [0.4, 0.5) is 14.9 Å². The molecule has 0 unspecified atom stereocenters. The number of pyridine rings is 1. The number of rotatable bonds is 11. The van der Waals surface area contributed by atoms with Gasteiger partial charge in [-0.3, -0.25) is 15.1 Å². The van der Waals surface area contributed by atoms with Gasteiger partial charge >= 0.3 is 6.03 Å². The fourth-order valence-corrected chi connectivity index (χ4v) is 5.37. The quantitative estimate of drug-likeness (QED) is 0.160. The highest BCUT2D eigenvalue weighted by molar-refractivity contribution is 7.82. The van der Waals surface area contributed by atoms with Crippen LogP contribution in [0.25, 0.3) is 10.9 Å². The molecule has 1 aliphatic heterocycles. The van der Waals surface area contributed by atoms with Gasteiger partial charge in [0.2, 0.25) is 5.91 Å². The number of piperazine rings is 1. The van der Waals surface area contributed by atoms with Gasteiger partial charge in [0, 0.05) is 56.4 Å². The van der Waals surface area contributed by atoms with E-state index in [1.165, 1.54) is 12.1 Å². The molecule has 3 aromatic carbocycles. The number of benzene rings is 3. The van der Waals surface area contributed by atoms with E-state index in [0.29, 0.717) is 34.8 Å². The number of imide groups is 1. The van der Waals surface area contributed by atoms with Crippen LogP contribution in [0.15, 0.2) is 66.9 Å². The van der Waals surface area contributed by atoms with E-state index >= 15 is 4.39 Å². The van der Waals surface area contributed by atoms with E-state index in [4.69, 9.17) is 14.2 Å². The first-order valence-electron chi connectivity index (χ1n) is 15.1. The lowest BCUT2D eigenvalue weighted by Gasteiger charge is -2.32. The third-order valence-corrected chi connectivity index (χ3v) is 8.14. The van der Waals surface area contributed by atoms with E-state index in [2.05, 4.69) is 40.0 Å². The predicted molar refractivity (Wildman–Crippen MR) is 179 cm³/mol. The standard InChI is InChI=1S/C34H38FN5O5S/c1-23-6-4-7-24(18-23)19-33(41)37-34(42)40(46)25-8-9-30(27(35)20-25)45-29-10-11-36-28-22-32(31(43-3)21-26(28)29)44-17-5-12-39-15-13-38(2)14-16-39/h4,6-11,18,20-22,46H,5,12-17,19H2,1-3H3,(H,37,41,42). The van der Waals surface area contributed by atoms with E-state index in [1.54, 1.807) is 37.6 Å². The zero-order valence-electron chi connectivity index (χ0n) is 26.2. The van der Waals surface area contributed by atoms with Crippen LogP contribution in [0, 0.1) is 12.7 Å². The number of anilines is 1. The Labute approximate surface area is 273 Å². The minimum Gasteiger partial charge on any atom is -0.493 e. The number of urea groups is 1. The summed E-state index contributed by atoms with van der Waals surface area (Å²) in [7, 11) is 3.70. The number of hydrogen-bond donors (Lipinski definition) is 2. The van der Waals surface area contributed by atoms with E-state index in [9.17, 15) is 9.59 Å². The van der Waals surface area contributed by atoms with Crippen LogP contribution in [-0.2, 0) is 11.2 Å². The summed E-state index contributed by atoms with van der Waals surface area (Å²) in [6.07, 6.45) is 2.47. The van der Waals surface area contributed by atoms with Crippen molar-refractivity contribution in [1.29, 1.82) is 0 Å². The van der Waals surface area contributed by atoms with Crippen LogP contribution in [0.2, 0.25) is 0 Å². The predicted octanol–water partition coefficient (Wildman–Crippen LogP) is 5.63. The maximum absolute atomic E-state index is 15.2. The van der Waals surface area contributed by atoms with Gasteiger partial charge in [0.15, 0.2) is 23.1 Å². The highest BCUT2D eigenvalue weighted by Crippen LogP contribution is 2.38. The Hall–Kier alpha value is -4.39. The number of halogens is 1. The molecule has 0 radical (unpaired) electrons. The molecule has 0 spiro atoms. The number of likely N-dealkylation sites (N-methyl/N-ethyl adjacent to an activating group) is 1. The van der Waals surface area contributed by atoms with Crippen molar-refractivity contribution in [2.24, 2.45) is 0 Å². The molecule has 0 bridgehead atoms. The summed E-state index contributed by atoms with van der Waals surface area (Å²) < 4.78 is 33.7. The Bertz CT molecular complexity index is 1700. The Balaban J connectivity index is 1.22. The number of aryl methyl sites for hydroxylation is 1. The Morgan fingerprint density at radius 1 is 1.00 bits per heavy atom. The molecule has 10 nitrogen and oxygen atoms in total. The van der Waals surface area contributed by atoms with Crippen molar-refractivity contribution in [3.63, 3.8) is 0 Å². The molecule has 0 atom stereocenters. The molecular formula is C34H38FN5O5S. The summed E-state index contributed by atoms with van der Waals surface area (Å²) >= 11 is 4.18. The second kappa shape index (κ2) is 15.3. The molecule has 46 heavy (non-hydrogen) atoms. The van der Waals surface area contributed by atoms with Crippen molar-refractivity contribution in [3.05, 3.63) is 83.8 Å². The first-order chi connectivity index (χ1) is 22.2. The number of amides is 3. The number of carbonyl (C=O) groups excluding carboxylic acids is 2. The monoisotopic (exact) mass is 647 g/mol. The minimum absolute atomic E-state index is 0.0192. The molecule has 1 aliphatic rings. The van der Waals surface area contributed by atoms with Gasteiger partial charge in [-0.25, -0.2) is 13.5 Å². The topological polar surface area (TPSA) is 96.5 Å². The second-order valence-corrected chi connectivity index (χ2v) is 11.6. The highest BCUT2D eigenvalue weighted by atomic mass is 32.1. The van der Waals surface area contributed by atoms with Gasteiger partial charge in [-0.1, -0.05) is 42.6 Å². The molecule has 242 valence electrons. The van der Waals surface area contributed by atoms with Gasteiger partial charge in [0.1, 0.15) is 5.75 Å². The van der Waals surface area contributed by atoms with Crippen molar-refractivity contribution < 1.29 is 28.2 Å². The number of thiol groups is 1. The first kappa shape index (κ1) is 33.0. The van der Waals surface area contributed by atoms with Crippen LogP contribution in [0.3, 0.4) is 0 Å². The van der Waals surface area contributed by atoms with Crippen molar-refractivity contribution in [1.82, 2.24) is 20.1 Å². The van der Waals surface area contributed by atoms with Crippen molar-refractivity contribution in [2.75, 3.05) is 57.8 Å². The third-order valence-electron chi connectivity index (χ3n) is 7.72. The van der Waals surface area contributed by atoms with E-state index in [0.717, 1.165) is 60.6 Å². The maximum Gasteiger partial charge on any atom is 0.338 e. The fraction of sp³-hybridized carbons (Fsp3) is 0.324. The van der Waals surface area contributed by atoms with Gasteiger partial charge < -0.3 is 24.0 Å². The van der Waals surface area contributed by atoms with Crippen LogP contribution >= 0.6 is 12.8 Å². The number of aromatic nitrogens is 1. The summed E-state index contributed by atoms with van der Waals surface area (Å²) in [5, 5.41) is 2.88. The lowest BCUT2D eigenvalue weighted by molar-refractivity contribution is -0.119. The van der Waals surface area contributed by atoms with Crippen LogP contribution in [0.1, 0.15) is 17.5 Å². The molecule has 0 aliphatic carbocycles. The lowest BCUT2D eigenvalue weighted by Crippen LogP contribution is -2.44. The molecule has 0 saturated carbocycles. The van der Waals surface area contributed by atoms with E-state index < -0.39 is 17.8 Å². The number of hydrogen-bond acceptors (Lipinski definition) is 9. The van der Waals surface area contributed by atoms with Crippen molar-refractivity contribution in [2.45, 2.75) is 19.8 Å². The Morgan fingerprint density at radius 2 is 1.80 bits per heavy atom. The van der Waals surface area contributed by atoms with Gasteiger partial charge in [0.25, 0.3) is 0 Å². The van der Waals surface area contributed by atoms with Crippen molar-refractivity contribution in [3.8, 4) is 23.0 Å².